The molecule has 1 aromatic heterocycles. The van der Waals surface area contributed by atoms with Crippen molar-refractivity contribution in [2.45, 2.75) is 360 Å². The number of hydrogen-bond acceptors (Lipinski definition) is 22. The Kier molecular flexibility index (Phi) is 39.3. The van der Waals surface area contributed by atoms with Gasteiger partial charge in [0, 0.05) is 39.0 Å². The Morgan fingerprint density at radius 3 is 1.20 bits per heavy atom. The third-order valence-electron chi connectivity index (χ3n) is 27.7. The number of primary amides is 2. The monoisotopic (exact) mass is 2010 g/mol. The van der Waals surface area contributed by atoms with E-state index in [0.717, 1.165) is 38.5 Å². The highest BCUT2D eigenvalue weighted by molar-refractivity contribution is 6.39. The van der Waals surface area contributed by atoms with E-state index in [-0.39, 0.29) is 73.3 Å². The third kappa shape index (κ3) is 31.8. The van der Waals surface area contributed by atoms with Crippen LogP contribution in [0.1, 0.15) is 263 Å². The molecule has 7 fully saturated rings. The molecule has 18 atom stereocenters. The first-order valence-corrected chi connectivity index (χ1v) is 48.4. The van der Waals surface area contributed by atoms with E-state index in [1.54, 1.807) is 128 Å². The Morgan fingerprint density at radius 1 is 0.489 bits per heavy atom. The second-order valence-corrected chi connectivity index (χ2v) is 46.0. The van der Waals surface area contributed by atoms with Crippen LogP contribution in [0.5, 0.6) is 0 Å². The van der Waals surface area contributed by atoms with Crippen LogP contribution in [-0.4, -0.2) is 244 Å². The van der Waals surface area contributed by atoms with Gasteiger partial charge in [-0.05, 0) is 164 Å². The van der Waals surface area contributed by atoms with Crippen molar-refractivity contribution >= 4 is 107 Å². The highest BCUT2D eigenvalue weighted by Crippen LogP contribution is 2.67. The number of esters is 3. The van der Waals surface area contributed by atoms with E-state index in [1.165, 1.54) is 22.1 Å². The molecule has 3 saturated heterocycles. The molecule has 8 rings (SSSR count). The zero-order valence-electron chi connectivity index (χ0n) is 86.4. The number of likely N-dealkylation sites (tertiary alicyclic amines) is 3. The smallest absolute Gasteiger partial charge is 0.389 e. The summed E-state index contributed by atoms with van der Waals surface area (Å²) in [6.45, 7) is 50.5. The third-order valence-corrected chi connectivity index (χ3v) is 27.7. The first kappa shape index (κ1) is 119. The molecule has 4 aliphatic carbocycles. The van der Waals surface area contributed by atoms with E-state index in [0.29, 0.717) is 25.1 Å². The number of carbonyl (C=O) groups excluding carboxylic acids is 18. The van der Waals surface area contributed by atoms with Gasteiger partial charge in [0.05, 0.1) is 30.5 Å². The predicted octanol–water partition coefficient (Wildman–Crippen LogP) is 8.88. The molecule has 4 saturated carbocycles. The van der Waals surface area contributed by atoms with Crippen molar-refractivity contribution in [3.8, 4) is 0 Å². The van der Waals surface area contributed by atoms with Crippen LogP contribution in [-0.2, 0) is 92.7 Å². The molecule has 7 aliphatic rings. The van der Waals surface area contributed by atoms with Gasteiger partial charge in [-0.15, -0.1) is 6.58 Å². The van der Waals surface area contributed by atoms with Gasteiger partial charge < -0.3 is 98.0 Å². The van der Waals surface area contributed by atoms with Gasteiger partial charge in [-0.2, -0.15) is 26.3 Å². The van der Waals surface area contributed by atoms with Crippen molar-refractivity contribution in [2.24, 2.45) is 96.7 Å². The largest absolute Gasteiger partial charge is 0.466 e. The summed E-state index contributed by atoms with van der Waals surface area (Å²) in [5, 5.41) is 26.0. The topological polar surface area (TPSA) is 530 Å². The highest BCUT2D eigenvalue weighted by Gasteiger charge is 2.73. The van der Waals surface area contributed by atoms with E-state index < -0.39 is 267 Å². The average Bonchev–Trinajstić information content (AvgIpc) is 1.53. The summed E-state index contributed by atoms with van der Waals surface area (Å²) in [6.07, 6.45) is -5.50. The van der Waals surface area contributed by atoms with Crippen LogP contribution in [0.4, 0.5) is 40.7 Å². The van der Waals surface area contributed by atoms with Crippen LogP contribution < -0.4 is 64.6 Å². The van der Waals surface area contributed by atoms with Crippen LogP contribution in [0, 0.1) is 85.2 Å². The van der Waals surface area contributed by atoms with Gasteiger partial charge in [0.15, 0.2) is 0 Å². The Morgan fingerprint density at radius 2 is 0.858 bits per heavy atom. The lowest BCUT2D eigenvalue weighted by Crippen LogP contribution is -2.63. The van der Waals surface area contributed by atoms with Crippen molar-refractivity contribution in [1.82, 2.24) is 67.9 Å². The van der Waals surface area contributed by atoms with Gasteiger partial charge >= 0.3 is 48.4 Å². The number of carbonyl (C=O) groups is 18. The summed E-state index contributed by atoms with van der Waals surface area (Å²) in [5.41, 5.74) is 5.02. The van der Waals surface area contributed by atoms with E-state index >= 15 is 0 Å². The maximum atomic E-state index is 14.5. The number of ketones is 3. The lowest BCUT2D eigenvalue weighted by Gasteiger charge is -2.38. The zero-order chi connectivity index (χ0) is 108. The van der Waals surface area contributed by atoms with Crippen molar-refractivity contribution in [3.05, 3.63) is 36.8 Å². The molecular weight excluding hydrogens is 1850 g/mol. The molecule has 141 heavy (non-hydrogen) atoms. The molecule has 0 aromatic carbocycles. The van der Waals surface area contributed by atoms with Gasteiger partial charge in [-0.25, -0.2) is 28.8 Å². The maximum Gasteiger partial charge on any atom is 0.389 e. The number of amides is 15. The zero-order valence-corrected chi connectivity index (χ0v) is 86.4. The maximum absolute atomic E-state index is 14.5. The minimum Gasteiger partial charge on any atom is -0.466 e. The van der Waals surface area contributed by atoms with Crippen LogP contribution in [0.2, 0.25) is 0 Å². The first-order valence-electron chi connectivity index (χ1n) is 48.4. The second-order valence-electron chi connectivity index (χ2n) is 46.0. The number of furan rings is 1. The number of ether oxygens (including phenoxy) is 3. The number of unbranched alkanes of at least 4 members (excludes halogenated alkanes) is 1. The number of hydrogen-bond donors (Lipinski definition) is 12. The Hall–Kier alpha value is -10.9. The highest BCUT2D eigenvalue weighted by atomic mass is 19.4. The fourth-order valence-electron chi connectivity index (χ4n) is 19.4. The van der Waals surface area contributed by atoms with Crippen LogP contribution in [0.3, 0.4) is 0 Å². The molecule has 0 spiro atoms. The van der Waals surface area contributed by atoms with Gasteiger partial charge in [0.1, 0.15) is 72.3 Å². The normalized spacial score (nSPS) is 22.9. The summed E-state index contributed by atoms with van der Waals surface area (Å²) >= 11 is 0. The van der Waals surface area contributed by atoms with Gasteiger partial charge in [-0.3, -0.25) is 57.5 Å². The molecule has 0 radical (unpaired) electrons. The van der Waals surface area contributed by atoms with Crippen molar-refractivity contribution in [2.75, 3.05) is 26.2 Å². The number of nitrogens with zero attached hydrogens (tertiary/aromatic N) is 3. The number of alkyl halides is 6. The fourth-order valence-corrected chi connectivity index (χ4v) is 19.4. The average molecular weight is 2010 g/mol. The molecule has 14 N–H and O–H groups in total. The SMILES string of the molecule is C=CCNC(=O)C(=O)C(CCCC)NC(=O)[C@@H]1[C@@H]2[C@H](CN1C(=O)[C@@H](NC(=O)N[C@H](C(=O)OC(C)C)C(C)(C)C)C1CCCCC1)C2(C)C.CC(C)(C)OC(=O)[C@@H](NC(=O)N[C@H](C(=O)N1C[C@H]2[C@@H]([C@H]1C(=O)NC(CCC(F)(F)F)C(=O)C(N)=O)C2(C)C)C(C)(C)C)C(C)(C)C.CC(C)[C@H](NC(=O)N[C@H](C(=O)N1C[C@H]2[C@@H]([C@H]1C(=O)NC(CCC(F)(F)F)C(=O)C(N)=O)C2(C)C)C(C)(C)C)C(=O)OCc1ccco1. The summed E-state index contributed by atoms with van der Waals surface area (Å²) in [6, 6.07) is -13.5. The predicted molar refractivity (Wildman–Crippen MR) is 504 cm³/mol. The van der Waals surface area contributed by atoms with E-state index in [2.05, 4.69) is 73.6 Å². The van der Waals surface area contributed by atoms with Gasteiger partial charge in [-0.1, -0.05) is 184 Å². The van der Waals surface area contributed by atoms with E-state index in [1.807, 2.05) is 55.4 Å². The molecular formula is C98H153F6N15O22. The molecule has 37 nitrogen and oxygen atoms in total. The standard InChI is InChI=1S/C36H59N5O7.C31H44F3N5O8.C31H50F3N5O7/c1-10-12-18-24(28(42)31(44)37-19-11-2)38-30(43)27-25-23(36(25,8)9)20-41(27)32(45)26(22-16-14-13-15-17-22)39-34(47)40-29(35(5,6)7)33(46)48-21(3)4;1-15(2)20(27(44)47-14-16-9-8-12-46-16)37-28(45)38-23(29(3,4)5)26(43)39-13-17-19(30(17,6)7)21(39)25(42)36-18(22(40)24(35)41)10-11-31(32,33)34;1-27(2,3)20(37-26(45)38-21(28(4,5)6)25(44)46-29(7,8)9)24(43)39-14-15-17(30(15,10)11)18(39)23(42)36-16(19(40)22(35)41)12-13-31(32,33)34/h11,21-27,29H,2,10,12-20H2,1,3-9H3,(H,37,44)(H,38,43)(H2,39,40,47);8-9,12,15,17-21,23H,10-11,13-14H2,1-7H3,(H2,35,41)(H,36,42)(H2,37,38,45);15-18,20-21H,12-14H2,1-11H3,(H2,35,41)(H,36,42)(H2,37,38,45)/t23-,24?,25-,26-,27-,29+;17-,18?,19-,20-,21-,23+;15-,16?,17-,18-,20+,21+/m000/s1. The van der Waals surface area contributed by atoms with Crippen LogP contribution in [0.15, 0.2) is 35.5 Å². The molecule has 794 valence electrons. The fraction of sp³-hybridized carbons (Fsp3) is 0.755. The van der Waals surface area contributed by atoms with Gasteiger partial charge in [0.2, 0.25) is 52.8 Å². The van der Waals surface area contributed by atoms with Gasteiger partial charge in [0.25, 0.3) is 17.7 Å². The molecule has 1 aromatic rings. The second kappa shape index (κ2) is 46.6. The number of halogens is 6. The van der Waals surface area contributed by atoms with Crippen LogP contribution >= 0.6 is 0 Å². The molecule has 0 bridgehead atoms. The summed E-state index contributed by atoms with van der Waals surface area (Å²) in [5.74, 6) is -14.4. The molecule has 4 heterocycles. The van der Waals surface area contributed by atoms with E-state index in [9.17, 15) is 113 Å². The van der Waals surface area contributed by atoms with Crippen molar-refractivity contribution in [1.29, 1.82) is 0 Å². The molecule has 3 aliphatic heterocycles. The summed E-state index contributed by atoms with van der Waals surface area (Å²) in [4.78, 5) is 241. The quantitative estimate of drug-likeness (QED) is 0.00966. The Bertz CT molecular complexity index is 4730. The summed E-state index contributed by atoms with van der Waals surface area (Å²) in [7, 11) is 0. The van der Waals surface area contributed by atoms with Crippen molar-refractivity contribution < 1.29 is 131 Å². The molecule has 3 unspecified atom stereocenters. The minimum atomic E-state index is -4.67. The number of rotatable bonds is 38. The lowest BCUT2D eigenvalue weighted by molar-refractivity contribution is -0.160. The molecule has 15 amide bonds. The lowest BCUT2D eigenvalue weighted by atomic mass is 9.83. The van der Waals surface area contributed by atoms with E-state index in [4.69, 9.17) is 30.1 Å². The number of nitrogens with two attached hydrogens (primary N) is 2. The Labute approximate surface area is 822 Å². The number of Topliss-reactive ketones (excluding diaryl/α,β-unsaturated/α-hetero) is 3. The first-order chi connectivity index (χ1) is 64.5. The molecule has 43 heteroatoms. The minimum absolute atomic E-state index is 0.0785. The van der Waals surface area contributed by atoms with Crippen molar-refractivity contribution in [3.63, 3.8) is 0 Å². The summed E-state index contributed by atoms with van der Waals surface area (Å²) < 4.78 is 99.1. The Balaban J connectivity index is 0.000000324. The number of urea groups is 3. The van der Waals surface area contributed by atoms with Crippen LogP contribution in [0.25, 0.3) is 0 Å². The number of fused-ring (bicyclic) bond motifs is 3. The number of piperidine rings is 3. The number of nitrogens with one attached hydrogen (secondary N) is 10.